The fraction of sp³-hybridized carbons (Fsp3) is 0.375. The molecule has 2 N–H and O–H groups in total. The lowest BCUT2D eigenvalue weighted by atomic mass is 9.68. The van der Waals surface area contributed by atoms with E-state index in [1.807, 2.05) is 44.2 Å². The first-order chi connectivity index (χ1) is 9.45. The highest BCUT2D eigenvalue weighted by Crippen LogP contribution is 2.46. The highest BCUT2D eigenvalue weighted by molar-refractivity contribution is 6.24. The molecule has 0 heterocycles. The number of methoxy groups -OCH3 is 1. The van der Waals surface area contributed by atoms with E-state index in [2.05, 4.69) is 4.74 Å². The number of aliphatic hydroxyl groups excluding tert-OH is 1. The summed E-state index contributed by atoms with van der Waals surface area (Å²) in [6.07, 6.45) is 0.262. The Bertz CT molecular complexity index is 575. The van der Waals surface area contributed by atoms with Crippen molar-refractivity contribution in [3.8, 4) is 0 Å². The summed E-state index contributed by atoms with van der Waals surface area (Å²) in [7, 11) is 1.26. The molecule has 0 amide bonds. The van der Waals surface area contributed by atoms with Crippen LogP contribution >= 0.6 is 0 Å². The zero-order valence-electron chi connectivity index (χ0n) is 11.9. The predicted molar refractivity (Wildman–Crippen MR) is 77.0 cm³/mol. The van der Waals surface area contributed by atoms with E-state index >= 15 is 0 Å². The molecular weight excluding hydrogens is 254 g/mol. The Morgan fingerprint density at radius 2 is 1.95 bits per heavy atom. The molecule has 1 aliphatic rings. The summed E-state index contributed by atoms with van der Waals surface area (Å²) in [5, 5.41) is 18.6. The van der Waals surface area contributed by atoms with E-state index in [-0.39, 0.29) is 29.4 Å². The quantitative estimate of drug-likeness (QED) is 0.832. The fourth-order valence-corrected chi connectivity index (χ4v) is 2.94. The van der Waals surface area contributed by atoms with Crippen molar-refractivity contribution < 1.29 is 14.6 Å². The molecule has 2 rings (SSSR count). The summed E-state index contributed by atoms with van der Waals surface area (Å²) in [4.78, 5) is 11.8. The molecule has 1 unspecified atom stereocenters. The van der Waals surface area contributed by atoms with E-state index in [4.69, 9.17) is 5.41 Å². The van der Waals surface area contributed by atoms with Gasteiger partial charge in [0.25, 0.3) is 0 Å². The first kappa shape index (κ1) is 14.3. The molecule has 106 valence electrons. The number of ether oxygens (including phenoxy) is 1. The summed E-state index contributed by atoms with van der Waals surface area (Å²) in [5.74, 6) is -0.632. The second-order valence-electron chi connectivity index (χ2n) is 5.36. The Labute approximate surface area is 118 Å². The van der Waals surface area contributed by atoms with Gasteiger partial charge >= 0.3 is 5.97 Å². The lowest BCUT2D eigenvalue weighted by Gasteiger charge is -2.34. The largest absolute Gasteiger partial charge is 0.511 e. The van der Waals surface area contributed by atoms with Crippen molar-refractivity contribution in [3.63, 3.8) is 0 Å². The van der Waals surface area contributed by atoms with Crippen molar-refractivity contribution in [2.45, 2.75) is 25.7 Å². The summed E-state index contributed by atoms with van der Waals surface area (Å²) in [6, 6.07) is 9.58. The van der Waals surface area contributed by atoms with Crippen LogP contribution in [0.4, 0.5) is 0 Å². The van der Waals surface area contributed by atoms with Crippen LogP contribution in [0.1, 0.15) is 25.8 Å². The molecular formula is C16H19NO3. The van der Waals surface area contributed by atoms with E-state index in [0.717, 1.165) is 5.56 Å². The van der Waals surface area contributed by atoms with Gasteiger partial charge < -0.3 is 15.3 Å². The molecule has 0 aliphatic heterocycles. The number of hydrogen-bond donors (Lipinski definition) is 2. The molecule has 0 spiro atoms. The normalized spacial score (nSPS) is 22.5. The summed E-state index contributed by atoms with van der Waals surface area (Å²) in [5.41, 5.74) is 0.410. The minimum absolute atomic E-state index is 0.00468. The number of esters is 1. The molecule has 4 nitrogen and oxygen atoms in total. The molecule has 0 aromatic heterocycles. The average Bonchev–Trinajstić information content (AvgIpc) is 2.71. The van der Waals surface area contributed by atoms with Crippen LogP contribution in [0.25, 0.3) is 0 Å². The fourth-order valence-electron chi connectivity index (χ4n) is 2.94. The van der Waals surface area contributed by atoms with Gasteiger partial charge in [-0.1, -0.05) is 44.2 Å². The van der Waals surface area contributed by atoms with Crippen LogP contribution in [0.2, 0.25) is 0 Å². The molecule has 0 bridgehead atoms. The first-order valence-corrected chi connectivity index (χ1v) is 6.60. The molecule has 4 heteroatoms. The van der Waals surface area contributed by atoms with Gasteiger partial charge in [0.2, 0.25) is 0 Å². The Balaban J connectivity index is 2.55. The number of hydrogen-bond acceptors (Lipinski definition) is 4. The van der Waals surface area contributed by atoms with Gasteiger partial charge in [0.1, 0.15) is 11.3 Å². The van der Waals surface area contributed by atoms with Crippen molar-refractivity contribution >= 4 is 11.7 Å². The van der Waals surface area contributed by atoms with Gasteiger partial charge in [0.05, 0.1) is 12.8 Å². The van der Waals surface area contributed by atoms with Crippen LogP contribution in [0.5, 0.6) is 0 Å². The molecule has 0 radical (unpaired) electrons. The summed E-state index contributed by atoms with van der Waals surface area (Å²) in [6.45, 7) is 3.99. The third kappa shape index (κ3) is 1.92. The maximum absolute atomic E-state index is 11.8. The Morgan fingerprint density at radius 1 is 1.35 bits per heavy atom. The van der Waals surface area contributed by atoms with Crippen LogP contribution < -0.4 is 0 Å². The van der Waals surface area contributed by atoms with Gasteiger partial charge in [-0.2, -0.15) is 0 Å². The van der Waals surface area contributed by atoms with Gasteiger partial charge in [-0.25, -0.2) is 4.79 Å². The van der Waals surface area contributed by atoms with E-state index in [1.165, 1.54) is 7.11 Å². The molecule has 20 heavy (non-hydrogen) atoms. The van der Waals surface area contributed by atoms with Gasteiger partial charge in [0, 0.05) is 11.8 Å². The maximum Gasteiger partial charge on any atom is 0.343 e. The van der Waals surface area contributed by atoms with Gasteiger partial charge in [-0.15, -0.1) is 0 Å². The van der Waals surface area contributed by atoms with Gasteiger partial charge in [-0.05, 0) is 11.5 Å². The van der Waals surface area contributed by atoms with Crippen molar-refractivity contribution in [2.24, 2.45) is 5.92 Å². The zero-order valence-corrected chi connectivity index (χ0v) is 11.9. The van der Waals surface area contributed by atoms with Gasteiger partial charge in [0.15, 0.2) is 0 Å². The lowest BCUT2D eigenvalue weighted by molar-refractivity contribution is -0.135. The van der Waals surface area contributed by atoms with E-state index in [1.54, 1.807) is 0 Å². The Hall–Kier alpha value is -2.10. The SMILES string of the molecule is COC(=O)C1=C(O)CC(c2ccccc2)(C(C)C)C1=N. The monoisotopic (exact) mass is 273 g/mol. The van der Waals surface area contributed by atoms with Crippen LogP contribution in [0.3, 0.4) is 0 Å². The number of allylic oxidation sites excluding steroid dienone is 1. The summed E-state index contributed by atoms with van der Waals surface area (Å²) >= 11 is 0. The van der Waals surface area contributed by atoms with Crippen molar-refractivity contribution in [1.29, 1.82) is 5.41 Å². The highest BCUT2D eigenvalue weighted by Gasteiger charge is 2.50. The summed E-state index contributed by atoms with van der Waals surface area (Å²) < 4.78 is 4.69. The molecule has 1 aromatic rings. The molecule has 0 saturated heterocycles. The topological polar surface area (TPSA) is 70.4 Å². The lowest BCUT2D eigenvalue weighted by Crippen LogP contribution is -2.39. The van der Waals surface area contributed by atoms with Crippen molar-refractivity contribution in [2.75, 3.05) is 7.11 Å². The van der Waals surface area contributed by atoms with Crippen LogP contribution in [0, 0.1) is 11.3 Å². The number of rotatable bonds is 3. The van der Waals surface area contributed by atoms with Crippen molar-refractivity contribution in [1.82, 2.24) is 0 Å². The number of nitrogens with one attached hydrogen (secondary N) is 1. The van der Waals surface area contributed by atoms with Gasteiger partial charge in [-0.3, -0.25) is 0 Å². The molecule has 1 aliphatic carbocycles. The number of aliphatic hydroxyl groups is 1. The third-order valence-corrected chi connectivity index (χ3v) is 4.10. The number of carbonyl (C=O) groups is 1. The minimum atomic E-state index is -0.672. The molecule has 0 saturated carbocycles. The van der Waals surface area contributed by atoms with Crippen LogP contribution in [-0.4, -0.2) is 23.9 Å². The average molecular weight is 273 g/mol. The smallest absolute Gasteiger partial charge is 0.343 e. The van der Waals surface area contributed by atoms with E-state index in [0.29, 0.717) is 0 Å². The highest BCUT2D eigenvalue weighted by atomic mass is 16.5. The number of benzene rings is 1. The van der Waals surface area contributed by atoms with E-state index in [9.17, 15) is 9.90 Å². The molecule has 1 atom stereocenters. The zero-order chi connectivity index (χ0) is 14.9. The second-order valence-corrected chi connectivity index (χ2v) is 5.36. The van der Waals surface area contributed by atoms with Crippen molar-refractivity contribution in [3.05, 3.63) is 47.2 Å². The molecule has 0 fully saturated rings. The third-order valence-electron chi connectivity index (χ3n) is 4.10. The minimum Gasteiger partial charge on any atom is -0.511 e. The first-order valence-electron chi connectivity index (χ1n) is 6.60. The Kier molecular flexibility index (Phi) is 3.66. The Morgan fingerprint density at radius 3 is 2.45 bits per heavy atom. The predicted octanol–water partition coefficient (Wildman–Crippen LogP) is 2.99. The number of carbonyl (C=O) groups excluding carboxylic acids is 1. The van der Waals surface area contributed by atoms with Crippen LogP contribution in [-0.2, 0) is 14.9 Å². The van der Waals surface area contributed by atoms with Crippen LogP contribution in [0.15, 0.2) is 41.7 Å². The maximum atomic E-state index is 11.8. The van der Waals surface area contributed by atoms with E-state index < -0.39 is 11.4 Å². The molecule has 1 aromatic carbocycles. The standard InChI is InChI=1S/C16H19NO3/c1-10(2)16(11-7-5-4-6-8-11)9-12(18)13(14(16)17)15(19)20-3/h4-8,10,17-18H,9H2,1-3H3. The second kappa shape index (κ2) is 5.12.